The van der Waals surface area contributed by atoms with Crippen molar-refractivity contribution in [3.05, 3.63) is 48.0 Å². The van der Waals surface area contributed by atoms with Gasteiger partial charge in [0.15, 0.2) is 11.5 Å². The van der Waals surface area contributed by atoms with Gasteiger partial charge in [0.05, 0.1) is 26.9 Å². The number of ether oxygens (including phenoxy) is 3. The molecule has 26 heavy (non-hydrogen) atoms. The molecule has 2 aromatic rings. The van der Waals surface area contributed by atoms with Gasteiger partial charge in [-0.15, -0.1) is 0 Å². The van der Waals surface area contributed by atoms with Crippen molar-refractivity contribution in [2.45, 2.75) is 13.0 Å². The van der Waals surface area contributed by atoms with E-state index >= 15 is 0 Å². The predicted octanol–water partition coefficient (Wildman–Crippen LogP) is 2.93. The van der Waals surface area contributed by atoms with E-state index in [2.05, 4.69) is 5.32 Å². The van der Waals surface area contributed by atoms with E-state index < -0.39 is 0 Å². The van der Waals surface area contributed by atoms with Crippen LogP contribution >= 0.6 is 0 Å². The van der Waals surface area contributed by atoms with Crippen LogP contribution in [0.15, 0.2) is 42.5 Å². The normalized spacial score (nSPS) is 13.2. The van der Waals surface area contributed by atoms with Crippen molar-refractivity contribution in [1.29, 1.82) is 0 Å². The van der Waals surface area contributed by atoms with E-state index in [-0.39, 0.29) is 5.91 Å². The number of hydrogen-bond donors (Lipinski definition) is 1. The van der Waals surface area contributed by atoms with Crippen molar-refractivity contribution in [2.24, 2.45) is 0 Å². The molecule has 0 aromatic heterocycles. The van der Waals surface area contributed by atoms with Gasteiger partial charge in [0.1, 0.15) is 5.75 Å². The first kappa shape index (κ1) is 18.1. The minimum atomic E-state index is -0.0736. The van der Waals surface area contributed by atoms with Gasteiger partial charge in [0, 0.05) is 24.7 Å². The Hall–Kier alpha value is -2.73. The molecular formula is C20H24N2O4. The molecule has 0 atom stereocenters. The van der Waals surface area contributed by atoms with Crippen molar-refractivity contribution in [1.82, 2.24) is 4.90 Å². The number of methoxy groups -OCH3 is 1. The van der Waals surface area contributed by atoms with Crippen LogP contribution in [0.5, 0.6) is 17.2 Å². The van der Waals surface area contributed by atoms with Gasteiger partial charge < -0.3 is 19.5 Å². The lowest BCUT2D eigenvalue weighted by Crippen LogP contribution is -2.29. The topological polar surface area (TPSA) is 60.0 Å². The summed E-state index contributed by atoms with van der Waals surface area (Å²) in [6.45, 7) is 2.24. The molecular weight excluding hydrogens is 332 g/mol. The Balaban J connectivity index is 1.53. The van der Waals surface area contributed by atoms with Gasteiger partial charge in [0.25, 0.3) is 0 Å². The Morgan fingerprint density at radius 2 is 1.85 bits per heavy atom. The lowest BCUT2D eigenvalue weighted by molar-refractivity contribution is -0.117. The second kappa shape index (κ2) is 8.58. The number of hydrogen-bond acceptors (Lipinski definition) is 5. The minimum Gasteiger partial charge on any atom is -0.497 e. The van der Waals surface area contributed by atoms with Crippen LogP contribution in [0.2, 0.25) is 0 Å². The predicted molar refractivity (Wildman–Crippen MR) is 100 cm³/mol. The van der Waals surface area contributed by atoms with E-state index in [1.54, 1.807) is 7.11 Å². The lowest BCUT2D eigenvalue weighted by Gasteiger charge is -2.17. The maximum Gasteiger partial charge on any atom is 0.238 e. The molecule has 1 N–H and O–H groups in total. The Bertz CT molecular complexity index is 746. The molecule has 0 fully saturated rings. The first-order chi connectivity index (χ1) is 12.6. The fourth-order valence-electron chi connectivity index (χ4n) is 2.79. The van der Waals surface area contributed by atoms with Crippen molar-refractivity contribution in [3.8, 4) is 17.2 Å². The molecule has 6 heteroatoms. The molecule has 2 aromatic carbocycles. The molecule has 0 aliphatic carbocycles. The van der Waals surface area contributed by atoms with Gasteiger partial charge in [0.2, 0.25) is 5.91 Å². The summed E-state index contributed by atoms with van der Waals surface area (Å²) in [6.07, 6.45) is 0.854. The fraction of sp³-hybridized carbons (Fsp3) is 0.350. The zero-order chi connectivity index (χ0) is 18.4. The van der Waals surface area contributed by atoms with E-state index in [0.717, 1.165) is 23.5 Å². The second-order valence-corrected chi connectivity index (χ2v) is 6.28. The molecule has 3 rings (SSSR count). The number of rotatable bonds is 6. The Morgan fingerprint density at radius 3 is 2.58 bits per heavy atom. The summed E-state index contributed by atoms with van der Waals surface area (Å²) >= 11 is 0. The third-order valence-corrected chi connectivity index (χ3v) is 4.06. The molecule has 1 heterocycles. The van der Waals surface area contributed by atoms with Gasteiger partial charge in [-0.05, 0) is 36.9 Å². The first-order valence-electron chi connectivity index (χ1n) is 8.65. The third-order valence-electron chi connectivity index (χ3n) is 4.06. The molecule has 0 saturated heterocycles. The highest BCUT2D eigenvalue weighted by atomic mass is 16.5. The SMILES string of the molecule is COc1ccc(CN(C)CC(=O)Nc2ccc3c(c2)OCCCO3)cc1. The van der Waals surface area contributed by atoms with Crippen molar-refractivity contribution in [3.63, 3.8) is 0 Å². The number of carbonyl (C=O) groups is 1. The van der Waals surface area contributed by atoms with Gasteiger partial charge >= 0.3 is 0 Å². The van der Waals surface area contributed by atoms with Gasteiger partial charge in [-0.3, -0.25) is 9.69 Å². The fourth-order valence-corrected chi connectivity index (χ4v) is 2.79. The molecule has 0 spiro atoms. The van der Waals surface area contributed by atoms with Crippen LogP contribution in [0, 0.1) is 0 Å². The van der Waals surface area contributed by atoms with Gasteiger partial charge in [-0.2, -0.15) is 0 Å². The largest absolute Gasteiger partial charge is 0.497 e. The van der Waals surface area contributed by atoms with E-state index in [1.807, 2.05) is 54.4 Å². The molecule has 1 aliphatic rings. The Labute approximate surface area is 153 Å². The number of anilines is 1. The van der Waals surface area contributed by atoms with Crippen molar-refractivity contribution in [2.75, 3.05) is 39.2 Å². The number of carbonyl (C=O) groups excluding carboxylic acids is 1. The quantitative estimate of drug-likeness (QED) is 0.862. The summed E-state index contributed by atoms with van der Waals surface area (Å²) in [4.78, 5) is 14.3. The van der Waals surface area contributed by atoms with Crippen LogP contribution in [-0.2, 0) is 11.3 Å². The van der Waals surface area contributed by atoms with E-state index in [9.17, 15) is 4.79 Å². The number of nitrogens with one attached hydrogen (secondary N) is 1. The van der Waals surface area contributed by atoms with E-state index in [0.29, 0.717) is 37.7 Å². The maximum absolute atomic E-state index is 12.3. The lowest BCUT2D eigenvalue weighted by atomic mass is 10.2. The van der Waals surface area contributed by atoms with Crippen LogP contribution in [0.25, 0.3) is 0 Å². The average Bonchev–Trinajstić information content (AvgIpc) is 2.87. The third kappa shape index (κ3) is 4.89. The summed E-state index contributed by atoms with van der Waals surface area (Å²) < 4.78 is 16.4. The highest BCUT2D eigenvalue weighted by Gasteiger charge is 2.13. The molecule has 1 aliphatic heterocycles. The van der Waals surface area contributed by atoms with Gasteiger partial charge in [-0.1, -0.05) is 12.1 Å². The summed E-state index contributed by atoms with van der Waals surface area (Å²) in [5, 5.41) is 2.91. The standard InChI is InChI=1S/C20H24N2O4/c1-22(13-15-4-7-17(24-2)8-5-15)14-20(23)21-16-6-9-18-19(12-16)26-11-3-10-25-18/h4-9,12H,3,10-11,13-14H2,1-2H3,(H,21,23). The molecule has 138 valence electrons. The first-order valence-corrected chi connectivity index (χ1v) is 8.65. The minimum absolute atomic E-state index is 0.0736. The highest BCUT2D eigenvalue weighted by Crippen LogP contribution is 2.32. The van der Waals surface area contributed by atoms with E-state index in [4.69, 9.17) is 14.2 Å². The smallest absolute Gasteiger partial charge is 0.238 e. The number of likely N-dealkylation sites (N-methyl/N-ethyl adjacent to an activating group) is 1. The van der Waals surface area contributed by atoms with Crippen molar-refractivity contribution < 1.29 is 19.0 Å². The Kier molecular flexibility index (Phi) is 5.96. The number of amides is 1. The highest BCUT2D eigenvalue weighted by molar-refractivity contribution is 5.92. The van der Waals surface area contributed by atoms with Crippen molar-refractivity contribution >= 4 is 11.6 Å². The molecule has 1 amide bonds. The monoisotopic (exact) mass is 356 g/mol. The zero-order valence-corrected chi connectivity index (χ0v) is 15.2. The van der Waals surface area contributed by atoms with Crippen LogP contribution in [-0.4, -0.2) is 44.7 Å². The molecule has 6 nitrogen and oxygen atoms in total. The molecule has 0 bridgehead atoms. The molecule has 0 radical (unpaired) electrons. The molecule has 0 saturated carbocycles. The second-order valence-electron chi connectivity index (χ2n) is 6.28. The maximum atomic E-state index is 12.3. The summed E-state index contributed by atoms with van der Waals surface area (Å²) in [5.74, 6) is 2.14. The average molecular weight is 356 g/mol. The summed E-state index contributed by atoms with van der Waals surface area (Å²) in [7, 11) is 3.56. The molecule has 0 unspecified atom stereocenters. The number of nitrogens with zero attached hydrogens (tertiary/aromatic N) is 1. The number of benzene rings is 2. The summed E-state index contributed by atoms with van der Waals surface area (Å²) in [6, 6.07) is 13.3. The zero-order valence-electron chi connectivity index (χ0n) is 15.2. The Morgan fingerprint density at radius 1 is 1.12 bits per heavy atom. The van der Waals surface area contributed by atoms with Crippen LogP contribution in [0.4, 0.5) is 5.69 Å². The van der Waals surface area contributed by atoms with Crippen LogP contribution in [0.3, 0.4) is 0 Å². The van der Waals surface area contributed by atoms with E-state index in [1.165, 1.54) is 0 Å². The number of fused-ring (bicyclic) bond motifs is 1. The summed E-state index contributed by atoms with van der Waals surface area (Å²) in [5.41, 5.74) is 1.83. The van der Waals surface area contributed by atoms with Crippen LogP contribution < -0.4 is 19.5 Å². The van der Waals surface area contributed by atoms with Crippen LogP contribution in [0.1, 0.15) is 12.0 Å². The van der Waals surface area contributed by atoms with Gasteiger partial charge in [-0.25, -0.2) is 0 Å².